The minimum Gasteiger partial charge on any atom is -0.490 e. The third-order valence-corrected chi connectivity index (χ3v) is 2.93. The van der Waals surface area contributed by atoms with Crippen LogP contribution in [0.4, 0.5) is 11.6 Å². The maximum absolute atomic E-state index is 5.39. The monoisotopic (exact) mass is 277 g/mol. The van der Waals surface area contributed by atoms with Gasteiger partial charge in [-0.25, -0.2) is 15.8 Å². The van der Waals surface area contributed by atoms with Crippen molar-refractivity contribution in [1.82, 2.24) is 9.97 Å². The molecular weight excluding hydrogens is 258 g/mol. The van der Waals surface area contributed by atoms with Crippen LogP contribution in [0.2, 0.25) is 0 Å². The highest BCUT2D eigenvalue weighted by atomic mass is 16.5. The predicted octanol–water partition coefficient (Wildman–Crippen LogP) is 1.80. The number of furan rings is 1. The third kappa shape index (κ3) is 3.39. The summed E-state index contributed by atoms with van der Waals surface area (Å²) < 4.78 is 10.6. The van der Waals surface area contributed by atoms with E-state index in [4.69, 9.17) is 15.0 Å². The minimum atomic E-state index is 0.203. The number of ether oxygens (including phenoxy) is 1. The molecule has 2 heterocycles. The van der Waals surface area contributed by atoms with Gasteiger partial charge in [-0.2, -0.15) is 0 Å². The number of hydrogen-bond acceptors (Lipinski definition) is 7. The number of nitrogens with two attached hydrogens (primary N) is 1. The SMILES string of the molecule is COc1c(NN)ncnc1NC(C)CCc1ccco1. The number of nitrogens with one attached hydrogen (secondary N) is 2. The van der Waals surface area contributed by atoms with Crippen molar-refractivity contribution < 1.29 is 9.15 Å². The van der Waals surface area contributed by atoms with Gasteiger partial charge < -0.3 is 19.9 Å². The Bertz CT molecular complexity index is 530. The molecule has 0 aromatic carbocycles. The van der Waals surface area contributed by atoms with Crippen LogP contribution in [-0.2, 0) is 6.42 Å². The minimum absolute atomic E-state index is 0.203. The molecule has 0 fully saturated rings. The van der Waals surface area contributed by atoms with E-state index in [1.807, 2.05) is 12.1 Å². The second-order valence-corrected chi connectivity index (χ2v) is 4.41. The van der Waals surface area contributed by atoms with Crippen molar-refractivity contribution >= 4 is 11.6 Å². The summed E-state index contributed by atoms with van der Waals surface area (Å²) in [6, 6.07) is 4.06. The van der Waals surface area contributed by atoms with E-state index >= 15 is 0 Å². The van der Waals surface area contributed by atoms with Crippen molar-refractivity contribution in [3.05, 3.63) is 30.5 Å². The lowest BCUT2D eigenvalue weighted by Gasteiger charge is -2.17. The van der Waals surface area contributed by atoms with Crippen molar-refractivity contribution in [2.75, 3.05) is 17.9 Å². The molecule has 108 valence electrons. The Labute approximate surface area is 117 Å². The van der Waals surface area contributed by atoms with Crippen LogP contribution < -0.4 is 21.3 Å². The van der Waals surface area contributed by atoms with Crippen molar-refractivity contribution in [1.29, 1.82) is 0 Å². The van der Waals surface area contributed by atoms with E-state index in [1.54, 1.807) is 13.4 Å². The van der Waals surface area contributed by atoms with Gasteiger partial charge in [0.1, 0.15) is 12.1 Å². The van der Waals surface area contributed by atoms with Gasteiger partial charge in [-0.05, 0) is 25.5 Å². The van der Waals surface area contributed by atoms with Gasteiger partial charge >= 0.3 is 0 Å². The molecular formula is C13H19N5O2. The molecule has 0 radical (unpaired) electrons. The first-order valence-corrected chi connectivity index (χ1v) is 6.39. The Morgan fingerprint density at radius 2 is 2.20 bits per heavy atom. The summed E-state index contributed by atoms with van der Waals surface area (Å²) in [4.78, 5) is 8.17. The molecule has 2 rings (SSSR count). The first-order valence-electron chi connectivity index (χ1n) is 6.39. The molecule has 0 aliphatic rings. The molecule has 0 aliphatic heterocycles. The van der Waals surface area contributed by atoms with E-state index in [2.05, 4.69) is 27.6 Å². The molecule has 4 N–H and O–H groups in total. The average molecular weight is 277 g/mol. The number of aryl methyl sites for hydroxylation is 1. The van der Waals surface area contributed by atoms with E-state index in [0.717, 1.165) is 18.6 Å². The first-order chi connectivity index (χ1) is 9.74. The van der Waals surface area contributed by atoms with Crippen LogP contribution in [0, 0.1) is 0 Å². The fourth-order valence-corrected chi connectivity index (χ4v) is 1.89. The summed E-state index contributed by atoms with van der Waals surface area (Å²) >= 11 is 0. The number of hydrogen-bond donors (Lipinski definition) is 3. The van der Waals surface area contributed by atoms with Gasteiger partial charge in [0, 0.05) is 12.5 Å². The van der Waals surface area contributed by atoms with E-state index in [1.165, 1.54) is 6.33 Å². The Hall–Kier alpha value is -2.28. The van der Waals surface area contributed by atoms with Crippen LogP contribution in [0.3, 0.4) is 0 Å². The highest BCUT2D eigenvalue weighted by Gasteiger charge is 2.13. The van der Waals surface area contributed by atoms with Crippen molar-refractivity contribution in [2.24, 2.45) is 5.84 Å². The second-order valence-electron chi connectivity index (χ2n) is 4.41. The molecule has 20 heavy (non-hydrogen) atoms. The van der Waals surface area contributed by atoms with Gasteiger partial charge in [0.15, 0.2) is 11.6 Å². The molecule has 2 aromatic rings. The molecule has 1 atom stereocenters. The molecule has 0 saturated heterocycles. The largest absolute Gasteiger partial charge is 0.490 e. The lowest BCUT2D eigenvalue weighted by Crippen LogP contribution is -2.19. The topological polar surface area (TPSA) is 98.2 Å². The highest BCUT2D eigenvalue weighted by Crippen LogP contribution is 2.28. The lowest BCUT2D eigenvalue weighted by atomic mass is 10.1. The first kappa shape index (κ1) is 14.1. The van der Waals surface area contributed by atoms with E-state index in [0.29, 0.717) is 17.4 Å². The van der Waals surface area contributed by atoms with E-state index < -0.39 is 0 Å². The quantitative estimate of drug-likeness (QED) is 0.524. The van der Waals surface area contributed by atoms with Crippen LogP contribution >= 0.6 is 0 Å². The van der Waals surface area contributed by atoms with Crippen molar-refractivity contribution in [3.8, 4) is 5.75 Å². The van der Waals surface area contributed by atoms with Gasteiger partial charge in [0.25, 0.3) is 0 Å². The Morgan fingerprint density at radius 3 is 2.85 bits per heavy atom. The average Bonchev–Trinajstić information content (AvgIpc) is 2.98. The van der Waals surface area contributed by atoms with Crippen LogP contribution in [0.15, 0.2) is 29.1 Å². The van der Waals surface area contributed by atoms with Gasteiger partial charge in [0.05, 0.1) is 13.4 Å². The van der Waals surface area contributed by atoms with Crippen LogP contribution in [-0.4, -0.2) is 23.1 Å². The summed E-state index contributed by atoms with van der Waals surface area (Å²) in [6.45, 7) is 2.07. The number of anilines is 2. The number of aromatic nitrogens is 2. The number of nitrogen functional groups attached to an aromatic ring is 1. The maximum Gasteiger partial charge on any atom is 0.205 e. The number of rotatable bonds is 7. The fourth-order valence-electron chi connectivity index (χ4n) is 1.89. The Balaban J connectivity index is 1.98. The summed E-state index contributed by atoms with van der Waals surface area (Å²) in [5.74, 6) is 7.92. The molecule has 0 aliphatic carbocycles. The maximum atomic E-state index is 5.39. The van der Waals surface area contributed by atoms with Gasteiger partial charge in [-0.1, -0.05) is 0 Å². The van der Waals surface area contributed by atoms with Crippen LogP contribution in [0.1, 0.15) is 19.1 Å². The van der Waals surface area contributed by atoms with Gasteiger partial charge in [-0.15, -0.1) is 0 Å². The normalized spacial score (nSPS) is 11.9. The predicted molar refractivity (Wildman–Crippen MR) is 76.5 cm³/mol. The molecule has 7 nitrogen and oxygen atoms in total. The summed E-state index contributed by atoms with van der Waals surface area (Å²) in [7, 11) is 1.55. The van der Waals surface area contributed by atoms with E-state index in [9.17, 15) is 0 Å². The zero-order chi connectivity index (χ0) is 14.4. The van der Waals surface area contributed by atoms with Gasteiger partial charge in [0.2, 0.25) is 5.75 Å². The molecule has 0 amide bonds. The molecule has 2 aromatic heterocycles. The van der Waals surface area contributed by atoms with Crippen molar-refractivity contribution in [3.63, 3.8) is 0 Å². The Morgan fingerprint density at radius 1 is 1.40 bits per heavy atom. The zero-order valence-corrected chi connectivity index (χ0v) is 11.6. The third-order valence-electron chi connectivity index (χ3n) is 2.93. The molecule has 0 saturated carbocycles. The standard InChI is InChI=1S/C13H19N5O2/c1-9(5-6-10-4-3-7-20-10)17-12-11(19-2)13(18-14)16-8-15-12/h3-4,7-9H,5-6,14H2,1-2H3,(H2,15,16,17,18). The van der Waals surface area contributed by atoms with E-state index in [-0.39, 0.29) is 6.04 Å². The number of methoxy groups -OCH3 is 1. The number of nitrogens with zero attached hydrogens (tertiary/aromatic N) is 2. The molecule has 7 heteroatoms. The van der Waals surface area contributed by atoms with Crippen LogP contribution in [0.5, 0.6) is 5.75 Å². The highest BCUT2D eigenvalue weighted by molar-refractivity contribution is 5.63. The molecule has 0 bridgehead atoms. The summed E-state index contributed by atoms with van der Waals surface area (Å²) in [5.41, 5.74) is 2.48. The zero-order valence-electron chi connectivity index (χ0n) is 11.6. The fraction of sp³-hybridized carbons (Fsp3) is 0.385. The second kappa shape index (κ2) is 6.76. The summed E-state index contributed by atoms with van der Waals surface area (Å²) in [6.07, 6.45) is 4.88. The lowest BCUT2D eigenvalue weighted by molar-refractivity contribution is 0.414. The Kier molecular flexibility index (Phi) is 4.78. The number of hydrazine groups is 1. The summed E-state index contributed by atoms with van der Waals surface area (Å²) in [5, 5.41) is 3.29. The van der Waals surface area contributed by atoms with Crippen LogP contribution in [0.25, 0.3) is 0 Å². The molecule has 0 spiro atoms. The molecule has 1 unspecified atom stereocenters. The smallest absolute Gasteiger partial charge is 0.205 e. The van der Waals surface area contributed by atoms with Gasteiger partial charge in [-0.3, -0.25) is 0 Å². The van der Waals surface area contributed by atoms with Crippen molar-refractivity contribution in [2.45, 2.75) is 25.8 Å².